The van der Waals surface area contributed by atoms with Gasteiger partial charge < -0.3 is 15.4 Å². The summed E-state index contributed by atoms with van der Waals surface area (Å²) >= 11 is 0. The number of nitrogens with zero attached hydrogens (tertiary/aromatic N) is 1. The Kier molecular flexibility index (Phi) is 2.75. The van der Waals surface area contributed by atoms with Crippen LogP contribution in [0.3, 0.4) is 0 Å². The van der Waals surface area contributed by atoms with Gasteiger partial charge in [-0.3, -0.25) is 0 Å². The van der Waals surface area contributed by atoms with Gasteiger partial charge in [-0.05, 0) is 24.1 Å². The van der Waals surface area contributed by atoms with E-state index >= 15 is 0 Å². The molecule has 0 aliphatic heterocycles. The Morgan fingerprint density at radius 2 is 2.20 bits per heavy atom. The third-order valence-corrected chi connectivity index (χ3v) is 2.80. The second-order valence-corrected chi connectivity index (χ2v) is 3.83. The lowest BCUT2D eigenvalue weighted by molar-refractivity contribution is 0.277. The number of fused-ring (bicyclic) bond motifs is 1. The van der Waals surface area contributed by atoms with Gasteiger partial charge in [0, 0.05) is 36.8 Å². The molecule has 1 aromatic carbocycles. The van der Waals surface area contributed by atoms with E-state index in [1.54, 1.807) is 0 Å². The Balaban J connectivity index is 2.51. The summed E-state index contributed by atoms with van der Waals surface area (Å²) in [4.78, 5) is 0. The van der Waals surface area contributed by atoms with Crippen molar-refractivity contribution in [3.05, 3.63) is 36.0 Å². The molecular formula is C12H16N2O. The summed E-state index contributed by atoms with van der Waals surface area (Å²) in [5.74, 6) is 0. The Morgan fingerprint density at radius 1 is 1.40 bits per heavy atom. The molecule has 0 aliphatic carbocycles. The molecule has 0 bridgehead atoms. The second-order valence-electron chi connectivity index (χ2n) is 3.83. The van der Waals surface area contributed by atoms with E-state index in [2.05, 4.69) is 16.7 Å². The van der Waals surface area contributed by atoms with E-state index in [0.29, 0.717) is 6.42 Å². The van der Waals surface area contributed by atoms with E-state index in [1.807, 2.05) is 25.4 Å². The van der Waals surface area contributed by atoms with Crippen molar-refractivity contribution in [2.24, 2.45) is 12.8 Å². The maximum absolute atomic E-state index is 8.89. The van der Waals surface area contributed by atoms with Crippen LogP contribution in [0.5, 0.6) is 0 Å². The fourth-order valence-corrected chi connectivity index (χ4v) is 1.94. The molecule has 0 saturated heterocycles. The summed E-state index contributed by atoms with van der Waals surface area (Å²) in [5, 5.41) is 10.1. The molecule has 1 heterocycles. The fourth-order valence-electron chi connectivity index (χ4n) is 1.94. The predicted octanol–water partition coefficient (Wildman–Crippen LogP) is 1.56. The van der Waals surface area contributed by atoms with Crippen molar-refractivity contribution in [2.45, 2.75) is 12.5 Å². The summed E-state index contributed by atoms with van der Waals surface area (Å²) in [5.41, 5.74) is 8.31. The average molecular weight is 204 g/mol. The molecule has 0 radical (unpaired) electrons. The fraction of sp³-hybridized carbons (Fsp3) is 0.333. The van der Waals surface area contributed by atoms with Crippen molar-refractivity contribution in [3.8, 4) is 0 Å². The molecule has 15 heavy (non-hydrogen) atoms. The van der Waals surface area contributed by atoms with E-state index in [4.69, 9.17) is 10.8 Å². The smallest absolute Gasteiger partial charge is 0.0481 e. The van der Waals surface area contributed by atoms with Crippen molar-refractivity contribution in [2.75, 3.05) is 6.61 Å². The molecule has 1 unspecified atom stereocenters. The third-order valence-electron chi connectivity index (χ3n) is 2.80. The predicted molar refractivity (Wildman–Crippen MR) is 61.6 cm³/mol. The number of hydrogen-bond donors (Lipinski definition) is 2. The number of rotatable bonds is 3. The van der Waals surface area contributed by atoms with Crippen LogP contribution in [0.1, 0.15) is 18.0 Å². The van der Waals surface area contributed by atoms with Crippen LogP contribution in [0, 0.1) is 0 Å². The van der Waals surface area contributed by atoms with Gasteiger partial charge in [0.15, 0.2) is 0 Å². The summed E-state index contributed by atoms with van der Waals surface area (Å²) in [6.07, 6.45) is 2.63. The molecule has 0 amide bonds. The summed E-state index contributed by atoms with van der Waals surface area (Å²) in [7, 11) is 2.02. The molecule has 1 aromatic heterocycles. The van der Waals surface area contributed by atoms with Crippen LogP contribution in [0.15, 0.2) is 30.5 Å². The highest BCUT2D eigenvalue weighted by atomic mass is 16.3. The Hall–Kier alpha value is -1.32. The van der Waals surface area contributed by atoms with Gasteiger partial charge in [-0.15, -0.1) is 0 Å². The molecule has 2 rings (SSSR count). The highest BCUT2D eigenvalue weighted by Crippen LogP contribution is 2.25. The van der Waals surface area contributed by atoms with E-state index < -0.39 is 0 Å². The lowest BCUT2D eigenvalue weighted by atomic mass is 10.0. The summed E-state index contributed by atoms with van der Waals surface area (Å²) < 4.78 is 2.07. The van der Waals surface area contributed by atoms with Crippen LogP contribution >= 0.6 is 0 Å². The van der Waals surface area contributed by atoms with E-state index in [9.17, 15) is 0 Å². The van der Waals surface area contributed by atoms with E-state index in [-0.39, 0.29) is 12.6 Å². The van der Waals surface area contributed by atoms with Gasteiger partial charge in [-0.1, -0.05) is 12.1 Å². The van der Waals surface area contributed by atoms with Gasteiger partial charge in [-0.2, -0.15) is 0 Å². The third kappa shape index (κ3) is 1.76. The van der Waals surface area contributed by atoms with Crippen LogP contribution in [0.25, 0.3) is 10.9 Å². The van der Waals surface area contributed by atoms with Crippen LogP contribution in [0.4, 0.5) is 0 Å². The van der Waals surface area contributed by atoms with Crippen molar-refractivity contribution in [1.29, 1.82) is 0 Å². The molecule has 1 atom stereocenters. The zero-order chi connectivity index (χ0) is 10.8. The topological polar surface area (TPSA) is 51.2 Å². The highest BCUT2D eigenvalue weighted by molar-refractivity contribution is 5.84. The lowest BCUT2D eigenvalue weighted by Crippen LogP contribution is -2.12. The van der Waals surface area contributed by atoms with Gasteiger partial charge in [0.05, 0.1) is 0 Å². The first-order valence-corrected chi connectivity index (χ1v) is 5.14. The van der Waals surface area contributed by atoms with Gasteiger partial charge in [0.2, 0.25) is 0 Å². The quantitative estimate of drug-likeness (QED) is 0.797. The first-order chi connectivity index (χ1) is 7.24. The van der Waals surface area contributed by atoms with E-state index in [1.165, 1.54) is 10.9 Å². The summed E-state index contributed by atoms with van der Waals surface area (Å²) in [6.45, 7) is 0.129. The largest absolute Gasteiger partial charge is 0.396 e. The zero-order valence-electron chi connectivity index (χ0n) is 8.85. The Labute approximate surface area is 89.1 Å². The second kappa shape index (κ2) is 4.04. The zero-order valence-corrected chi connectivity index (χ0v) is 8.85. The molecule has 0 spiro atoms. The number of aryl methyl sites for hydroxylation is 1. The van der Waals surface area contributed by atoms with Crippen molar-refractivity contribution in [3.63, 3.8) is 0 Å². The number of nitrogens with two attached hydrogens (primary N) is 1. The van der Waals surface area contributed by atoms with Crippen molar-refractivity contribution in [1.82, 2.24) is 4.57 Å². The molecule has 0 aliphatic rings. The number of aliphatic hydroxyl groups excluding tert-OH is 1. The SMILES string of the molecule is Cn1ccc2c(C(N)CCO)cccc21. The van der Waals surface area contributed by atoms with Crippen LogP contribution in [-0.4, -0.2) is 16.3 Å². The normalized spacial score (nSPS) is 13.3. The first-order valence-electron chi connectivity index (χ1n) is 5.14. The number of hydrogen-bond acceptors (Lipinski definition) is 2. The van der Waals surface area contributed by atoms with Crippen LogP contribution in [0.2, 0.25) is 0 Å². The van der Waals surface area contributed by atoms with Crippen LogP contribution < -0.4 is 5.73 Å². The molecule has 2 aromatic rings. The molecule has 3 heteroatoms. The van der Waals surface area contributed by atoms with Gasteiger partial charge >= 0.3 is 0 Å². The standard InChI is InChI=1S/C12H16N2O/c1-14-7-5-10-9(11(13)6-8-15)3-2-4-12(10)14/h2-5,7,11,15H,6,8,13H2,1H3. The number of benzene rings is 1. The molecule has 0 saturated carbocycles. The molecular weight excluding hydrogens is 188 g/mol. The van der Waals surface area contributed by atoms with Crippen molar-refractivity contribution >= 4 is 10.9 Å². The van der Waals surface area contributed by atoms with Crippen LogP contribution in [-0.2, 0) is 7.05 Å². The molecule has 80 valence electrons. The minimum Gasteiger partial charge on any atom is -0.396 e. The summed E-state index contributed by atoms with van der Waals surface area (Å²) in [6, 6.07) is 8.10. The Morgan fingerprint density at radius 3 is 2.93 bits per heavy atom. The van der Waals surface area contributed by atoms with Crippen molar-refractivity contribution < 1.29 is 5.11 Å². The lowest BCUT2D eigenvalue weighted by Gasteiger charge is -2.11. The minimum absolute atomic E-state index is 0.0823. The monoisotopic (exact) mass is 204 g/mol. The van der Waals surface area contributed by atoms with Gasteiger partial charge in [0.1, 0.15) is 0 Å². The Bertz CT molecular complexity index is 462. The molecule has 3 N–H and O–H groups in total. The van der Waals surface area contributed by atoms with Gasteiger partial charge in [0.25, 0.3) is 0 Å². The number of aromatic nitrogens is 1. The first kappa shape index (κ1) is 10.2. The average Bonchev–Trinajstić information content (AvgIpc) is 2.61. The molecule has 3 nitrogen and oxygen atoms in total. The van der Waals surface area contributed by atoms with E-state index in [0.717, 1.165) is 5.56 Å². The maximum Gasteiger partial charge on any atom is 0.0481 e. The van der Waals surface area contributed by atoms with Gasteiger partial charge in [-0.25, -0.2) is 0 Å². The minimum atomic E-state index is -0.0823. The highest BCUT2D eigenvalue weighted by Gasteiger charge is 2.10. The number of aliphatic hydroxyl groups is 1. The maximum atomic E-state index is 8.89. The molecule has 0 fully saturated rings.